The number of fused-ring (bicyclic) bond motifs is 5. The van der Waals surface area contributed by atoms with E-state index in [2.05, 4.69) is 66.5 Å². The van der Waals surface area contributed by atoms with Gasteiger partial charge in [0.1, 0.15) is 0 Å². The van der Waals surface area contributed by atoms with E-state index >= 15 is 0 Å². The lowest BCUT2D eigenvalue weighted by Crippen LogP contribution is -1.78. The van der Waals surface area contributed by atoms with Crippen LogP contribution in [0.4, 0.5) is 0 Å². The third-order valence-electron chi connectivity index (χ3n) is 3.75. The summed E-state index contributed by atoms with van der Waals surface area (Å²) in [5.74, 6) is 0. The molecule has 0 aliphatic heterocycles. The molecule has 1 heteroatoms. The molecule has 1 nitrogen and oxygen atoms in total. The van der Waals surface area contributed by atoms with Crippen LogP contribution in [0.3, 0.4) is 0 Å². The summed E-state index contributed by atoms with van der Waals surface area (Å²) in [6.45, 7) is 2.17. The molecule has 0 atom stereocenters. The van der Waals surface area contributed by atoms with Crippen molar-refractivity contribution in [1.29, 1.82) is 0 Å². The van der Waals surface area contributed by atoms with Crippen LogP contribution in [-0.2, 0) is 0 Å². The van der Waals surface area contributed by atoms with Gasteiger partial charge >= 0.3 is 0 Å². The topological polar surface area (TPSA) is 15.8 Å². The lowest BCUT2D eigenvalue weighted by molar-refractivity contribution is 1.53. The summed E-state index contributed by atoms with van der Waals surface area (Å²) in [7, 11) is 0. The molecular formula is C17H13N. The summed E-state index contributed by atoms with van der Waals surface area (Å²) in [6, 6.07) is 19.4. The van der Waals surface area contributed by atoms with Gasteiger partial charge in [0.2, 0.25) is 0 Å². The number of aromatic amines is 1. The van der Waals surface area contributed by atoms with E-state index in [0.717, 1.165) is 0 Å². The molecule has 4 aromatic rings. The van der Waals surface area contributed by atoms with Gasteiger partial charge in [0, 0.05) is 21.8 Å². The monoisotopic (exact) mass is 231 g/mol. The highest BCUT2D eigenvalue weighted by Gasteiger charge is 2.07. The Morgan fingerprint density at radius 2 is 1.50 bits per heavy atom. The molecule has 0 aliphatic carbocycles. The predicted molar refractivity (Wildman–Crippen MR) is 78.0 cm³/mol. The molecule has 1 N–H and O–H groups in total. The second kappa shape index (κ2) is 3.36. The summed E-state index contributed by atoms with van der Waals surface area (Å²) in [4.78, 5) is 3.49. The molecule has 4 rings (SSSR count). The van der Waals surface area contributed by atoms with Crippen molar-refractivity contribution in [2.75, 3.05) is 0 Å². The third kappa shape index (κ3) is 1.16. The molecule has 0 spiro atoms. The molecule has 3 aromatic carbocycles. The lowest BCUT2D eigenvalue weighted by Gasteiger charge is -2.03. The van der Waals surface area contributed by atoms with Crippen molar-refractivity contribution >= 4 is 32.6 Å². The molecule has 0 fully saturated rings. The van der Waals surface area contributed by atoms with Crippen molar-refractivity contribution in [2.45, 2.75) is 6.92 Å². The van der Waals surface area contributed by atoms with E-state index in [1.807, 2.05) is 0 Å². The lowest BCUT2D eigenvalue weighted by atomic mass is 10.0. The molecule has 86 valence electrons. The Bertz CT molecular complexity index is 884. The summed E-state index contributed by atoms with van der Waals surface area (Å²) < 4.78 is 0. The van der Waals surface area contributed by atoms with Crippen molar-refractivity contribution in [2.24, 2.45) is 0 Å². The maximum absolute atomic E-state index is 3.49. The van der Waals surface area contributed by atoms with E-state index in [1.54, 1.807) is 0 Å². The van der Waals surface area contributed by atoms with E-state index < -0.39 is 0 Å². The van der Waals surface area contributed by atoms with Crippen LogP contribution in [0.15, 0.2) is 54.6 Å². The summed E-state index contributed by atoms with van der Waals surface area (Å²) in [5.41, 5.74) is 3.76. The van der Waals surface area contributed by atoms with Gasteiger partial charge in [0.05, 0.1) is 0 Å². The molecule has 18 heavy (non-hydrogen) atoms. The predicted octanol–water partition coefficient (Wildman–Crippen LogP) is 4.78. The summed E-state index contributed by atoms with van der Waals surface area (Å²) >= 11 is 0. The largest absolute Gasteiger partial charge is 0.354 e. The van der Waals surface area contributed by atoms with Gasteiger partial charge in [-0.1, -0.05) is 42.5 Å². The van der Waals surface area contributed by atoms with E-state index in [4.69, 9.17) is 0 Å². The highest BCUT2D eigenvalue weighted by atomic mass is 14.7. The maximum Gasteiger partial charge on any atom is 0.0471 e. The Hall–Kier alpha value is -2.28. The van der Waals surface area contributed by atoms with Crippen LogP contribution < -0.4 is 0 Å². The van der Waals surface area contributed by atoms with Crippen LogP contribution in [0, 0.1) is 6.92 Å². The Labute approximate surface area is 105 Å². The van der Waals surface area contributed by atoms with Crippen LogP contribution in [0.1, 0.15) is 5.56 Å². The zero-order valence-corrected chi connectivity index (χ0v) is 10.2. The zero-order chi connectivity index (χ0) is 12.1. The average Bonchev–Trinajstić information content (AvgIpc) is 2.77. The minimum atomic E-state index is 1.21. The van der Waals surface area contributed by atoms with E-state index in [-0.39, 0.29) is 0 Å². The number of hydrogen-bond donors (Lipinski definition) is 1. The molecule has 0 saturated heterocycles. The Morgan fingerprint density at radius 3 is 2.44 bits per heavy atom. The molecule has 0 amide bonds. The quantitative estimate of drug-likeness (QED) is 0.448. The molecule has 0 unspecified atom stereocenters. The van der Waals surface area contributed by atoms with Crippen molar-refractivity contribution < 1.29 is 0 Å². The normalized spacial score (nSPS) is 11.6. The minimum Gasteiger partial charge on any atom is -0.354 e. The fraction of sp³-hybridized carbons (Fsp3) is 0.0588. The smallest absolute Gasteiger partial charge is 0.0471 e. The van der Waals surface area contributed by atoms with Gasteiger partial charge < -0.3 is 4.98 Å². The van der Waals surface area contributed by atoms with Gasteiger partial charge in [-0.05, 0) is 35.4 Å². The number of hydrogen-bond acceptors (Lipinski definition) is 0. The molecule has 0 aliphatic rings. The molecule has 1 aromatic heterocycles. The molecular weight excluding hydrogens is 218 g/mol. The van der Waals surface area contributed by atoms with Crippen LogP contribution in [0.5, 0.6) is 0 Å². The maximum atomic E-state index is 3.49. The first-order valence-electron chi connectivity index (χ1n) is 6.23. The number of H-pyrrole nitrogens is 1. The second-order valence-electron chi connectivity index (χ2n) is 4.83. The summed E-state index contributed by atoms with van der Waals surface area (Å²) in [5, 5.41) is 5.33. The Kier molecular flexibility index (Phi) is 1.81. The second-order valence-corrected chi connectivity index (χ2v) is 4.83. The standard InChI is InChI=1S/C17H13N/c1-11-5-4-7-13-12(11)9-10-16-17(13)14-6-2-3-8-15(14)18-16/h2-10,18H,1H3. The van der Waals surface area contributed by atoms with Gasteiger partial charge in [-0.3, -0.25) is 0 Å². The van der Waals surface area contributed by atoms with Crippen molar-refractivity contribution in [1.82, 2.24) is 4.98 Å². The summed E-state index contributed by atoms with van der Waals surface area (Å²) in [6.07, 6.45) is 0. The first-order chi connectivity index (χ1) is 8.84. The van der Waals surface area contributed by atoms with Crippen LogP contribution in [0.25, 0.3) is 32.6 Å². The third-order valence-corrected chi connectivity index (χ3v) is 3.75. The molecule has 0 bridgehead atoms. The Balaban J connectivity index is 2.37. The van der Waals surface area contributed by atoms with Crippen LogP contribution in [0.2, 0.25) is 0 Å². The number of benzene rings is 3. The highest BCUT2D eigenvalue weighted by Crippen LogP contribution is 2.32. The van der Waals surface area contributed by atoms with E-state index in [0.29, 0.717) is 0 Å². The Morgan fingerprint density at radius 1 is 0.667 bits per heavy atom. The number of nitrogens with one attached hydrogen (secondary N) is 1. The number of para-hydroxylation sites is 1. The average molecular weight is 231 g/mol. The molecule has 1 heterocycles. The highest BCUT2D eigenvalue weighted by molar-refractivity contribution is 6.20. The number of aromatic nitrogens is 1. The molecule has 0 radical (unpaired) electrons. The van der Waals surface area contributed by atoms with Crippen molar-refractivity contribution in [3.05, 3.63) is 60.2 Å². The van der Waals surface area contributed by atoms with E-state index in [1.165, 1.54) is 38.1 Å². The van der Waals surface area contributed by atoms with Crippen molar-refractivity contribution in [3.63, 3.8) is 0 Å². The number of rotatable bonds is 0. The molecule has 0 saturated carbocycles. The van der Waals surface area contributed by atoms with Crippen molar-refractivity contribution in [3.8, 4) is 0 Å². The minimum absolute atomic E-state index is 1.21. The first-order valence-corrected chi connectivity index (χ1v) is 6.23. The van der Waals surface area contributed by atoms with Crippen LogP contribution >= 0.6 is 0 Å². The van der Waals surface area contributed by atoms with Crippen LogP contribution in [-0.4, -0.2) is 4.98 Å². The fourth-order valence-electron chi connectivity index (χ4n) is 2.86. The fourth-order valence-corrected chi connectivity index (χ4v) is 2.86. The van der Waals surface area contributed by atoms with Gasteiger partial charge in [-0.2, -0.15) is 0 Å². The van der Waals surface area contributed by atoms with Gasteiger partial charge in [0.25, 0.3) is 0 Å². The van der Waals surface area contributed by atoms with E-state index in [9.17, 15) is 0 Å². The first kappa shape index (κ1) is 9.72. The SMILES string of the molecule is Cc1cccc2c1ccc1[nH]c3ccccc3c12. The zero-order valence-electron chi connectivity index (χ0n) is 10.2. The van der Waals surface area contributed by atoms with Gasteiger partial charge in [-0.15, -0.1) is 0 Å². The van der Waals surface area contributed by atoms with Gasteiger partial charge in [0.15, 0.2) is 0 Å². The number of aryl methyl sites for hydroxylation is 1. The van der Waals surface area contributed by atoms with Gasteiger partial charge in [-0.25, -0.2) is 0 Å².